The maximum absolute atomic E-state index is 9.75. The normalized spacial score (nSPS) is 10.9. The Kier molecular flexibility index (Phi) is 7.83. The molecule has 2 nitrogen and oxygen atoms in total. The Bertz CT molecular complexity index is 310. The minimum atomic E-state index is -6.00. The van der Waals surface area contributed by atoms with Crippen LogP contribution in [0.5, 0.6) is 0 Å². The van der Waals surface area contributed by atoms with Crippen molar-refractivity contribution in [3.63, 3.8) is 0 Å². The monoisotopic (exact) mass is 250 g/mol. The lowest BCUT2D eigenvalue weighted by molar-refractivity contribution is 0.342. The predicted molar refractivity (Wildman–Crippen MR) is 60.5 cm³/mol. The largest absolute Gasteiger partial charge is 0.673 e. The molecule has 1 rings (SSSR count). The molecule has 0 spiro atoms. The number of nitrogens with zero attached hydrogens (tertiary/aromatic N) is 1. The molecule has 0 saturated carbocycles. The summed E-state index contributed by atoms with van der Waals surface area (Å²) in [7, 11) is -6.00. The first-order valence-corrected chi connectivity index (χ1v) is 4.94. The molecule has 0 aliphatic carbocycles. The smallest absolute Gasteiger partial charge is 0.484 e. The first-order chi connectivity index (χ1) is 7.93. The lowest BCUT2D eigenvalue weighted by Gasteiger charge is -1.94. The van der Waals surface area contributed by atoms with Gasteiger partial charge in [0.2, 0.25) is 0 Å². The minimum Gasteiger partial charge on any atom is -0.484 e. The van der Waals surface area contributed by atoms with Gasteiger partial charge in [-0.2, -0.15) is 0 Å². The van der Waals surface area contributed by atoms with E-state index in [9.17, 15) is 17.3 Å². The number of halogens is 4. The van der Waals surface area contributed by atoms with Gasteiger partial charge in [-0.15, -0.1) is 0 Å². The second kappa shape index (κ2) is 8.61. The van der Waals surface area contributed by atoms with Crippen LogP contribution in [0.1, 0.15) is 12.5 Å². The quantitative estimate of drug-likeness (QED) is 0.346. The topological polar surface area (TPSA) is 21.6 Å². The molecule has 0 aliphatic rings. The van der Waals surface area contributed by atoms with E-state index in [1.54, 1.807) is 0 Å². The van der Waals surface area contributed by atoms with Gasteiger partial charge < -0.3 is 22.0 Å². The number of benzene rings is 1. The molecule has 7 heteroatoms. The minimum absolute atomic E-state index is 0.679. The predicted octanol–water partition coefficient (Wildman–Crippen LogP) is 3.55. The number of aliphatic imine (C=N–C) groups is 1. The standard InChI is InChI=1S/C10H13NO.BF4/c1-2-12-9-11-8-10-6-4-3-5-7-10;2-1(3,4)5/h3-7,9H,2,8H2,1H3;/q;-1. The maximum Gasteiger partial charge on any atom is 0.673 e. The maximum atomic E-state index is 9.75. The Balaban J connectivity index is 0.000000437. The Morgan fingerprint density at radius 2 is 1.71 bits per heavy atom. The molecule has 1 aromatic carbocycles. The van der Waals surface area contributed by atoms with Crippen molar-refractivity contribution in [1.82, 2.24) is 0 Å². The van der Waals surface area contributed by atoms with Crippen LogP contribution in [0, 0.1) is 0 Å². The van der Waals surface area contributed by atoms with Gasteiger partial charge in [-0.3, -0.25) is 4.99 Å². The first-order valence-electron chi connectivity index (χ1n) is 4.94. The highest BCUT2D eigenvalue weighted by Gasteiger charge is 2.20. The fourth-order valence-electron chi connectivity index (χ4n) is 0.853. The lowest BCUT2D eigenvalue weighted by Crippen LogP contribution is -2.02. The second-order valence-electron chi connectivity index (χ2n) is 2.88. The third-order valence-corrected chi connectivity index (χ3v) is 1.43. The Labute approximate surface area is 97.4 Å². The zero-order valence-electron chi connectivity index (χ0n) is 9.32. The summed E-state index contributed by atoms with van der Waals surface area (Å²) in [4.78, 5) is 4.08. The van der Waals surface area contributed by atoms with Crippen LogP contribution in [-0.4, -0.2) is 20.3 Å². The molecule has 0 atom stereocenters. The molecular weight excluding hydrogens is 237 g/mol. The highest BCUT2D eigenvalue weighted by atomic mass is 19.5. The zero-order valence-corrected chi connectivity index (χ0v) is 9.32. The van der Waals surface area contributed by atoms with E-state index < -0.39 is 7.25 Å². The van der Waals surface area contributed by atoms with Gasteiger partial charge in [0.05, 0.1) is 13.2 Å². The third kappa shape index (κ3) is 14.5. The first kappa shape index (κ1) is 15.5. The number of hydrogen-bond donors (Lipinski definition) is 0. The van der Waals surface area contributed by atoms with E-state index in [4.69, 9.17) is 4.74 Å². The van der Waals surface area contributed by atoms with E-state index in [2.05, 4.69) is 4.99 Å². The van der Waals surface area contributed by atoms with E-state index in [0.717, 1.165) is 0 Å². The summed E-state index contributed by atoms with van der Waals surface area (Å²) in [6, 6.07) is 10.1. The van der Waals surface area contributed by atoms with Crippen molar-refractivity contribution >= 4 is 13.7 Å². The van der Waals surface area contributed by atoms with Crippen LogP contribution >= 0.6 is 0 Å². The van der Waals surface area contributed by atoms with Crippen LogP contribution in [-0.2, 0) is 11.3 Å². The van der Waals surface area contributed by atoms with E-state index in [-0.39, 0.29) is 0 Å². The molecule has 1 aromatic rings. The average Bonchev–Trinajstić information content (AvgIpc) is 2.24. The fourth-order valence-corrected chi connectivity index (χ4v) is 0.853. The van der Waals surface area contributed by atoms with Gasteiger partial charge in [0.15, 0.2) is 6.40 Å². The van der Waals surface area contributed by atoms with Crippen molar-refractivity contribution in [3.05, 3.63) is 35.9 Å². The third-order valence-electron chi connectivity index (χ3n) is 1.43. The molecule has 0 unspecified atom stereocenters. The molecular formula is C10H13BF4NO-. The number of rotatable bonds is 4. The summed E-state index contributed by atoms with van der Waals surface area (Å²) in [5, 5.41) is 0. The molecule has 96 valence electrons. The van der Waals surface area contributed by atoms with Crippen LogP contribution in [0.4, 0.5) is 17.3 Å². The molecule has 0 radical (unpaired) electrons. The Morgan fingerprint density at radius 1 is 1.18 bits per heavy atom. The van der Waals surface area contributed by atoms with E-state index in [1.165, 1.54) is 12.0 Å². The highest BCUT2D eigenvalue weighted by Crippen LogP contribution is 2.06. The van der Waals surface area contributed by atoms with Crippen molar-refractivity contribution in [3.8, 4) is 0 Å². The van der Waals surface area contributed by atoms with Gasteiger partial charge in [-0.25, -0.2) is 0 Å². The van der Waals surface area contributed by atoms with Crippen molar-refractivity contribution < 1.29 is 22.0 Å². The second-order valence-corrected chi connectivity index (χ2v) is 2.88. The van der Waals surface area contributed by atoms with Crippen LogP contribution in [0.3, 0.4) is 0 Å². The van der Waals surface area contributed by atoms with Crippen LogP contribution in [0.15, 0.2) is 35.3 Å². The van der Waals surface area contributed by atoms with E-state index in [1.807, 2.05) is 37.3 Å². The molecule has 0 heterocycles. The van der Waals surface area contributed by atoms with Gasteiger partial charge >= 0.3 is 7.25 Å². The molecule has 17 heavy (non-hydrogen) atoms. The summed E-state index contributed by atoms with van der Waals surface area (Å²) in [5.41, 5.74) is 1.20. The van der Waals surface area contributed by atoms with Gasteiger partial charge in [-0.05, 0) is 12.5 Å². The van der Waals surface area contributed by atoms with Crippen LogP contribution in [0.25, 0.3) is 0 Å². The number of hydrogen-bond acceptors (Lipinski definition) is 2. The molecule has 0 aliphatic heterocycles. The summed E-state index contributed by atoms with van der Waals surface area (Å²) < 4.78 is 44.0. The lowest BCUT2D eigenvalue weighted by atomic mass is 10.2. The molecule has 0 fully saturated rings. The summed E-state index contributed by atoms with van der Waals surface area (Å²) in [5.74, 6) is 0. The van der Waals surface area contributed by atoms with Gasteiger partial charge in [-0.1, -0.05) is 30.3 Å². The molecule has 0 bridgehead atoms. The summed E-state index contributed by atoms with van der Waals surface area (Å²) in [6.07, 6.45) is 1.51. The SMILES string of the molecule is CCOC=NCc1ccccc1.F[B-](F)(F)F. The number of ether oxygens (including phenoxy) is 1. The molecule has 0 saturated heterocycles. The summed E-state index contributed by atoms with van der Waals surface area (Å²) in [6.45, 7) is 3.31. The highest BCUT2D eigenvalue weighted by molar-refractivity contribution is 6.50. The van der Waals surface area contributed by atoms with Crippen molar-refractivity contribution in [2.75, 3.05) is 6.61 Å². The van der Waals surface area contributed by atoms with Crippen molar-refractivity contribution in [1.29, 1.82) is 0 Å². The van der Waals surface area contributed by atoms with Gasteiger partial charge in [0.25, 0.3) is 0 Å². The van der Waals surface area contributed by atoms with Crippen molar-refractivity contribution in [2.45, 2.75) is 13.5 Å². The zero-order chi connectivity index (χ0) is 13.1. The van der Waals surface area contributed by atoms with Crippen LogP contribution < -0.4 is 0 Å². The van der Waals surface area contributed by atoms with E-state index >= 15 is 0 Å². The molecule has 0 N–H and O–H groups in total. The van der Waals surface area contributed by atoms with E-state index in [0.29, 0.717) is 13.2 Å². The van der Waals surface area contributed by atoms with Crippen molar-refractivity contribution in [2.24, 2.45) is 4.99 Å². The van der Waals surface area contributed by atoms with Crippen LogP contribution in [0.2, 0.25) is 0 Å². The average molecular weight is 250 g/mol. The van der Waals surface area contributed by atoms with Gasteiger partial charge in [0, 0.05) is 0 Å². The fraction of sp³-hybridized carbons (Fsp3) is 0.300. The molecule has 0 aromatic heterocycles. The Morgan fingerprint density at radius 3 is 2.18 bits per heavy atom. The molecule has 0 amide bonds. The Hall–Kier alpha value is -1.53. The van der Waals surface area contributed by atoms with Gasteiger partial charge in [0.1, 0.15) is 0 Å². The summed E-state index contributed by atoms with van der Waals surface area (Å²) >= 11 is 0.